The first-order valence-corrected chi connectivity index (χ1v) is 7.37. The van der Waals surface area contributed by atoms with Gasteiger partial charge in [0.15, 0.2) is 0 Å². The Balaban J connectivity index is 2.06. The molecule has 4 nitrogen and oxygen atoms in total. The van der Waals surface area contributed by atoms with Crippen molar-refractivity contribution in [3.63, 3.8) is 0 Å². The van der Waals surface area contributed by atoms with Crippen LogP contribution in [-0.2, 0) is 20.5 Å². The fraction of sp³-hybridized carbons (Fsp3) is 0.500. The van der Waals surface area contributed by atoms with Crippen LogP contribution in [0.15, 0.2) is 24.3 Å². The second kappa shape index (κ2) is 5.34. The molecule has 1 aliphatic heterocycles. The van der Waals surface area contributed by atoms with Gasteiger partial charge in [0.1, 0.15) is 5.82 Å². The van der Waals surface area contributed by atoms with Gasteiger partial charge in [-0.25, -0.2) is 12.8 Å². The number of ether oxygens (including phenoxy) is 1. The molecule has 0 saturated carbocycles. The van der Waals surface area contributed by atoms with Gasteiger partial charge in [-0.2, -0.15) is 4.31 Å². The zero-order valence-electron chi connectivity index (χ0n) is 10.2. The van der Waals surface area contributed by atoms with E-state index in [9.17, 15) is 12.8 Å². The van der Waals surface area contributed by atoms with Gasteiger partial charge in [-0.15, -0.1) is 0 Å². The molecular formula is C12H16FNO3S. The van der Waals surface area contributed by atoms with Crippen LogP contribution in [0.1, 0.15) is 12.0 Å². The number of nitrogens with zero attached hydrogens (tertiary/aromatic N) is 1. The zero-order chi connectivity index (χ0) is 13.2. The standard InChI is InChI=1S/C12H16FNO3S/c1-17-12-6-7-14(8-12)18(15,16)9-10-2-4-11(13)5-3-10/h2-5,12H,6-9H2,1H3. The summed E-state index contributed by atoms with van der Waals surface area (Å²) in [7, 11) is -1.75. The van der Waals surface area contributed by atoms with E-state index in [-0.39, 0.29) is 17.7 Å². The van der Waals surface area contributed by atoms with Crippen molar-refractivity contribution in [3.05, 3.63) is 35.6 Å². The summed E-state index contributed by atoms with van der Waals surface area (Å²) in [6.45, 7) is 0.891. The van der Waals surface area contributed by atoms with Crippen LogP contribution in [0.3, 0.4) is 0 Å². The number of halogens is 1. The molecule has 1 aromatic rings. The van der Waals surface area contributed by atoms with E-state index in [1.807, 2.05) is 0 Å². The monoisotopic (exact) mass is 273 g/mol. The minimum Gasteiger partial charge on any atom is -0.380 e. The van der Waals surface area contributed by atoms with E-state index in [4.69, 9.17) is 4.74 Å². The maximum absolute atomic E-state index is 12.7. The van der Waals surface area contributed by atoms with Gasteiger partial charge in [-0.3, -0.25) is 0 Å². The Labute approximate surface area is 106 Å². The number of hydrogen-bond donors (Lipinski definition) is 0. The highest BCUT2D eigenvalue weighted by Gasteiger charge is 2.31. The van der Waals surface area contributed by atoms with E-state index in [2.05, 4.69) is 0 Å². The van der Waals surface area contributed by atoms with Gasteiger partial charge in [-0.1, -0.05) is 12.1 Å². The maximum atomic E-state index is 12.7. The molecule has 1 unspecified atom stereocenters. The Morgan fingerprint density at radius 2 is 2.06 bits per heavy atom. The first-order valence-electron chi connectivity index (χ1n) is 5.76. The lowest BCUT2D eigenvalue weighted by Crippen LogP contribution is -2.31. The third kappa shape index (κ3) is 3.07. The molecule has 0 spiro atoms. The van der Waals surface area contributed by atoms with E-state index in [1.165, 1.54) is 28.6 Å². The molecule has 18 heavy (non-hydrogen) atoms. The summed E-state index contributed by atoms with van der Waals surface area (Å²) in [5.74, 6) is -0.458. The van der Waals surface area contributed by atoms with Crippen LogP contribution in [-0.4, -0.2) is 39.0 Å². The normalized spacial score (nSPS) is 21.3. The van der Waals surface area contributed by atoms with Gasteiger partial charge in [0.25, 0.3) is 0 Å². The summed E-state index contributed by atoms with van der Waals surface area (Å²) < 4.78 is 43.6. The third-order valence-corrected chi connectivity index (χ3v) is 4.91. The topological polar surface area (TPSA) is 46.6 Å². The molecule has 0 bridgehead atoms. The van der Waals surface area contributed by atoms with Crippen LogP contribution in [0.25, 0.3) is 0 Å². The molecule has 1 aliphatic rings. The largest absolute Gasteiger partial charge is 0.380 e. The maximum Gasteiger partial charge on any atom is 0.218 e. The van der Waals surface area contributed by atoms with Crippen LogP contribution in [0, 0.1) is 5.82 Å². The molecule has 1 fully saturated rings. The summed E-state index contributed by atoms with van der Waals surface area (Å²) in [6.07, 6.45) is 0.701. The minimum absolute atomic E-state index is 0.0204. The number of benzene rings is 1. The van der Waals surface area contributed by atoms with Crippen molar-refractivity contribution in [1.82, 2.24) is 4.31 Å². The number of methoxy groups -OCH3 is 1. The summed E-state index contributed by atoms with van der Waals surface area (Å²) in [5.41, 5.74) is 0.595. The zero-order valence-corrected chi connectivity index (χ0v) is 11.0. The summed E-state index contributed by atoms with van der Waals surface area (Å²) >= 11 is 0. The van der Waals surface area contributed by atoms with Crippen LogP contribution < -0.4 is 0 Å². The fourth-order valence-corrected chi connectivity index (χ4v) is 3.60. The average molecular weight is 273 g/mol. The summed E-state index contributed by atoms with van der Waals surface area (Å²) in [6, 6.07) is 5.53. The molecule has 2 rings (SSSR count). The molecule has 6 heteroatoms. The van der Waals surface area contributed by atoms with Crippen molar-refractivity contribution in [2.45, 2.75) is 18.3 Å². The van der Waals surface area contributed by atoms with E-state index in [1.54, 1.807) is 7.11 Å². The minimum atomic E-state index is -3.34. The van der Waals surface area contributed by atoms with Crippen molar-refractivity contribution >= 4 is 10.0 Å². The SMILES string of the molecule is COC1CCN(S(=O)(=O)Cc2ccc(F)cc2)C1. The Morgan fingerprint density at radius 3 is 2.61 bits per heavy atom. The van der Waals surface area contributed by atoms with Crippen molar-refractivity contribution in [3.8, 4) is 0 Å². The lowest BCUT2D eigenvalue weighted by Gasteiger charge is -2.16. The summed E-state index contributed by atoms with van der Waals surface area (Å²) in [4.78, 5) is 0. The van der Waals surface area contributed by atoms with E-state index < -0.39 is 10.0 Å². The molecule has 0 aromatic heterocycles. The van der Waals surface area contributed by atoms with Crippen molar-refractivity contribution in [1.29, 1.82) is 0 Å². The number of sulfonamides is 1. The highest BCUT2D eigenvalue weighted by atomic mass is 32.2. The molecule has 0 aliphatic carbocycles. The predicted molar refractivity (Wildman–Crippen MR) is 66.0 cm³/mol. The second-order valence-electron chi connectivity index (χ2n) is 4.39. The molecule has 0 radical (unpaired) electrons. The second-order valence-corrected chi connectivity index (χ2v) is 6.36. The quantitative estimate of drug-likeness (QED) is 0.832. The van der Waals surface area contributed by atoms with Crippen molar-refractivity contribution in [2.24, 2.45) is 0 Å². The molecule has 0 N–H and O–H groups in total. The average Bonchev–Trinajstić information content (AvgIpc) is 2.81. The van der Waals surface area contributed by atoms with Gasteiger partial charge in [0, 0.05) is 20.2 Å². The van der Waals surface area contributed by atoms with E-state index in [0.29, 0.717) is 18.7 Å². The smallest absolute Gasteiger partial charge is 0.218 e. The fourth-order valence-electron chi connectivity index (χ4n) is 2.03. The number of hydrogen-bond acceptors (Lipinski definition) is 3. The lowest BCUT2D eigenvalue weighted by atomic mass is 10.2. The predicted octanol–water partition coefficient (Wildman–Crippen LogP) is 1.38. The van der Waals surface area contributed by atoms with E-state index in [0.717, 1.165) is 6.42 Å². The first kappa shape index (κ1) is 13.5. The van der Waals surface area contributed by atoms with Crippen LogP contribution >= 0.6 is 0 Å². The highest BCUT2D eigenvalue weighted by molar-refractivity contribution is 7.88. The number of rotatable bonds is 4. The molecule has 1 saturated heterocycles. The Bertz CT molecular complexity index is 501. The molecule has 1 atom stereocenters. The Hall–Kier alpha value is -0.980. The molecular weight excluding hydrogens is 257 g/mol. The van der Waals surface area contributed by atoms with Crippen LogP contribution in [0.2, 0.25) is 0 Å². The third-order valence-electron chi connectivity index (χ3n) is 3.10. The van der Waals surface area contributed by atoms with Crippen molar-refractivity contribution in [2.75, 3.05) is 20.2 Å². The van der Waals surface area contributed by atoms with E-state index >= 15 is 0 Å². The Morgan fingerprint density at radius 1 is 1.39 bits per heavy atom. The van der Waals surface area contributed by atoms with Gasteiger partial charge < -0.3 is 4.74 Å². The summed E-state index contributed by atoms with van der Waals surface area (Å²) in [5, 5.41) is 0. The van der Waals surface area contributed by atoms with Crippen LogP contribution in [0.4, 0.5) is 4.39 Å². The van der Waals surface area contributed by atoms with Gasteiger partial charge in [0.05, 0.1) is 11.9 Å². The first-order chi connectivity index (χ1) is 8.51. The van der Waals surface area contributed by atoms with Crippen molar-refractivity contribution < 1.29 is 17.5 Å². The van der Waals surface area contributed by atoms with Gasteiger partial charge >= 0.3 is 0 Å². The van der Waals surface area contributed by atoms with Crippen LogP contribution in [0.5, 0.6) is 0 Å². The molecule has 1 aromatic carbocycles. The van der Waals surface area contributed by atoms with Gasteiger partial charge in [-0.05, 0) is 24.1 Å². The van der Waals surface area contributed by atoms with Gasteiger partial charge in [0.2, 0.25) is 10.0 Å². The highest BCUT2D eigenvalue weighted by Crippen LogP contribution is 2.19. The molecule has 0 amide bonds. The Kier molecular flexibility index (Phi) is 3.99. The molecule has 100 valence electrons. The lowest BCUT2D eigenvalue weighted by molar-refractivity contribution is 0.115. The molecule has 1 heterocycles.